The zero-order chi connectivity index (χ0) is 18.7. The van der Waals surface area contributed by atoms with E-state index in [1.807, 2.05) is 12.2 Å². The minimum absolute atomic E-state index is 0.0447. The van der Waals surface area contributed by atoms with Crippen LogP contribution in [0.4, 0.5) is 8.78 Å². The molecule has 2 aromatic rings. The van der Waals surface area contributed by atoms with Crippen LogP contribution >= 0.6 is 0 Å². The number of rotatable bonds is 5. The number of aromatic nitrogens is 1. The maximum Gasteiger partial charge on any atom is 0.330 e. The smallest absolute Gasteiger partial charge is 0.330 e. The lowest BCUT2D eigenvalue weighted by Crippen LogP contribution is -2.21. The number of carbonyl (C=O) groups excluding carboxylic acids is 1. The van der Waals surface area contributed by atoms with Gasteiger partial charge in [-0.15, -0.1) is 0 Å². The summed E-state index contributed by atoms with van der Waals surface area (Å²) < 4.78 is 33.6. The molecule has 0 aliphatic heterocycles. The standard InChI is InChI=1S/C20H19F2NO3/c1-2-26-19(24)8-5-9-23-12-16(13-6-3-4-7-13)14-10-17(21)18(22)11-15(14)20(23)25/h3,5-6,8,10-13H,2,4,7,9H2,1H3. The van der Waals surface area contributed by atoms with Crippen LogP contribution in [0.15, 0.2) is 47.4 Å². The zero-order valence-corrected chi connectivity index (χ0v) is 14.4. The van der Waals surface area contributed by atoms with Crippen molar-refractivity contribution in [3.05, 3.63) is 70.2 Å². The van der Waals surface area contributed by atoms with Crippen LogP contribution in [0.2, 0.25) is 0 Å². The number of fused-ring (bicyclic) bond motifs is 1. The number of pyridine rings is 1. The van der Waals surface area contributed by atoms with Crippen molar-refractivity contribution in [3.63, 3.8) is 0 Å². The lowest BCUT2D eigenvalue weighted by atomic mass is 9.94. The summed E-state index contributed by atoms with van der Waals surface area (Å²) in [6.45, 7) is 2.10. The number of hydrogen-bond acceptors (Lipinski definition) is 3. The Bertz CT molecular complexity index is 960. The molecular formula is C20H19F2NO3. The summed E-state index contributed by atoms with van der Waals surface area (Å²) in [5, 5.41) is 0.558. The Morgan fingerprint density at radius 1 is 1.31 bits per heavy atom. The number of nitrogens with zero attached hydrogens (tertiary/aromatic N) is 1. The molecule has 0 spiro atoms. The molecule has 1 heterocycles. The Morgan fingerprint density at radius 2 is 2.04 bits per heavy atom. The van der Waals surface area contributed by atoms with Gasteiger partial charge in [0.25, 0.3) is 5.56 Å². The minimum atomic E-state index is -1.05. The second kappa shape index (κ2) is 7.64. The highest BCUT2D eigenvalue weighted by atomic mass is 19.2. The summed E-state index contributed by atoms with van der Waals surface area (Å²) in [6.07, 6.45) is 10.2. The van der Waals surface area contributed by atoms with Crippen LogP contribution in [0.3, 0.4) is 0 Å². The summed E-state index contributed by atoms with van der Waals surface area (Å²) in [5.41, 5.74) is 0.343. The largest absolute Gasteiger partial charge is 0.463 e. The molecule has 26 heavy (non-hydrogen) atoms. The van der Waals surface area contributed by atoms with Crippen molar-refractivity contribution in [3.8, 4) is 0 Å². The summed E-state index contributed by atoms with van der Waals surface area (Å²) in [5.74, 6) is -2.47. The van der Waals surface area contributed by atoms with Gasteiger partial charge in [-0.05, 0) is 42.8 Å². The molecule has 3 rings (SSSR count). The Kier molecular flexibility index (Phi) is 5.30. The SMILES string of the molecule is CCOC(=O)C=CCn1cc(C2C=CCC2)c2cc(F)c(F)cc2c1=O. The third-order valence-corrected chi connectivity index (χ3v) is 4.41. The van der Waals surface area contributed by atoms with Crippen molar-refractivity contribution < 1.29 is 18.3 Å². The maximum atomic E-state index is 13.7. The van der Waals surface area contributed by atoms with E-state index in [0.717, 1.165) is 30.5 Å². The van der Waals surface area contributed by atoms with E-state index in [9.17, 15) is 18.4 Å². The van der Waals surface area contributed by atoms with Crippen LogP contribution in [0.1, 0.15) is 31.2 Å². The number of esters is 1. The van der Waals surface area contributed by atoms with Crippen molar-refractivity contribution in [2.45, 2.75) is 32.2 Å². The molecule has 4 nitrogen and oxygen atoms in total. The highest BCUT2D eigenvalue weighted by Crippen LogP contribution is 2.33. The Morgan fingerprint density at radius 3 is 2.69 bits per heavy atom. The quantitative estimate of drug-likeness (QED) is 0.463. The molecule has 0 saturated heterocycles. The van der Waals surface area contributed by atoms with Gasteiger partial charge in [0.2, 0.25) is 0 Å². The van der Waals surface area contributed by atoms with Gasteiger partial charge in [0.15, 0.2) is 11.6 Å². The molecule has 0 radical (unpaired) electrons. The van der Waals surface area contributed by atoms with E-state index < -0.39 is 23.2 Å². The van der Waals surface area contributed by atoms with E-state index in [4.69, 9.17) is 4.74 Å². The molecule has 1 aliphatic carbocycles. The molecule has 136 valence electrons. The van der Waals surface area contributed by atoms with Gasteiger partial charge in [-0.1, -0.05) is 18.2 Å². The Hall–Kier alpha value is -2.76. The highest BCUT2D eigenvalue weighted by molar-refractivity contribution is 5.86. The second-order valence-electron chi connectivity index (χ2n) is 6.12. The second-order valence-corrected chi connectivity index (χ2v) is 6.12. The van der Waals surface area contributed by atoms with E-state index in [1.54, 1.807) is 13.1 Å². The van der Waals surface area contributed by atoms with E-state index in [2.05, 4.69) is 0 Å². The number of ether oxygens (including phenoxy) is 1. The van der Waals surface area contributed by atoms with Gasteiger partial charge in [-0.2, -0.15) is 0 Å². The normalized spacial score (nSPS) is 16.7. The molecule has 0 fully saturated rings. The van der Waals surface area contributed by atoms with E-state index in [0.29, 0.717) is 5.39 Å². The fourth-order valence-corrected chi connectivity index (χ4v) is 3.19. The fraction of sp³-hybridized carbons (Fsp3) is 0.300. The van der Waals surface area contributed by atoms with Crippen LogP contribution in [0.5, 0.6) is 0 Å². The van der Waals surface area contributed by atoms with Crippen molar-refractivity contribution in [1.82, 2.24) is 4.57 Å². The van der Waals surface area contributed by atoms with E-state index in [1.165, 1.54) is 16.7 Å². The van der Waals surface area contributed by atoms with Crippen molar-refractivity contribution >= 4 is 16.7 Å². The lowest BCUT2D eigenvalue weighted by molar-refractivity contribution is -0.137. The number of halogens is 2. The van der Waals surface area contributed by atoms with Gasteiger partial charge in [0, 0.05) is 24.7 Å². The topological polar surface area (TPSA) is 48.3 Å². The minimum Gasteiger partial charge on any atom is -0.463 e. The lowest BCUT2D eigenvalue weighted by Gasteiger charge is -2.15. The molecule has 1 aromatic heterocycles. The van der Waals surface area contributed by atoms with Crippen molar-refractivity contribution in [2.75, 3.05) is 6.61 Å². The molecular weight excluding hydrogens is 340 g/mol. The van der Waals surface area contributed by atoms with Crippen LogP contribution < -0.4 is 5.56 Å². The number of allylic oxidation sites excluding steroid dienone is 3. The molecule has 0 bridgehead atoms. The van der Waals surface area contributed by atoms with Gasteiger partial charge in [0.05, 0.1) is 12.0 Å². The number of hydrogen-bond donors (Lipinski definition) is 0. The van der Waals surface area contributed by atoms with Gasteiger partial charge < -0.3 is 9.30 Å². The molecule has 0 saturated carbocycles. The Balaban J connectivity index is 2.07. The van der Waals surface area contributed by atoms with Crippen molar-refractivity contribution in [1.29, 1.82) is 0 Å². The molecule has 6 heteroatoms. The zero-order valence-electron chi connectivity index (χ0n) is 14.4. The average Bonchev–Trinajstić information content (AvgIpc) is 3.13. The summed E-state index contributed by atoms with van der Waals surface area (Å²) in [7, 11) is 0. The van der Waals surface area contributed by atoms with E-state index >= 15 is 0 Å². The molecule has 1 unspecified atom stereocenters. The highest BCUT2D eigenvalue weighted by Gasteiger charge is 2.19. The third kappa shape index (κ3) is 3.59. The van der Waals surface area contributed by atoms with Gasteiger partial charge in [-0.3, -0.25) is 4.79 Å². The molecule has 0 N–H and O–H groups in total. The molecule has 1 aliphatic rings. The first-order chi connectivity index (χ1) is 12.5. The maximum absolute atomic E-state index is 13.7. The predicted octanol–water partition coefficient (Wildman–Crippen LogP) is 3.83. The third-order valence-electron chi connectivity index (χ3n) is 4.41. The fourth-order valence-electron chi connectivity index (χ4n) is 3.19. The predicted molar refractivity (Wildman–Crippen MR) is 95.0 cm³/mol. The van der Waals surface area contributed by atoms with Crippen LogP contribution in [-0.2, 0) is 16.1 Å². The van der Waals surface area contributed by atoms with Crippen LogP contribution in [0, 0.1) is 11.6 Å². The first-order valence-corrected chi connectivity index (χ1v) is 8.53. The first kappa shape index (κ1) is 18.0. The average molecular weight is 359 g/mol. The van der Waals surface area contributed by atoms with Gasteiger partial charge in [0.1, 0.15) is 0 Å². The number of carbonyl (C=O) groups is 1. The van der Waals surface area contributed by atoms with Crippen molar-refractivity contribution in [2.24, 2.45) is 0 Å². The molecule has 1 aromatic carbocycles. The van der Waals surface area contributed by atoms with Gasteiger partial charge >= 0.3 is 5.97 Å². The molecule has 0 amide bonds. The first-order valence-electron chi connectivity index (χ1n) is 8.53. The van der Waals surface area contributed by atoms with Crippen LogP contribution in [0.25, 0.3) is 10.8 Å². The molecule has 1 atom stereocenters. The summed E-state index contributed by atoms with van der Waals surface area (Å²) >= 11 is 0. The summed E-state index contributed by atoms with van der Waals surface area (Å²) in [6, 6.07) is 2.03. The Labute approximate surface area is 149 Å². The monoisotopic (exact) mass is 359 g/mol. The summed E-state index contributed by atoms with van der Waals surface area (Å²) in [4.78, 5) is 24.1. The van der Waals surface area contributed by atoms with Crippen LogP contribution in [-0.4, -0.2) is 17.1 Å². The number of benzene rings is 1. The van der Waals surface area contributed by atoms with Gasteiger partial charge in [-0.25, -0.2) is 13.6 Å². The van der Waals surface area contributed by atoms with E-state index in [-0.39, 0.29) is 24.5 Å².